The molecule has 0 amide bonds. The van der Waals surface area contributed by atoms with Gasteiger partial charge in [0, 0.05) is 6.54 Å². The van der Waals surface area contributed by atoms with Gasteiger partial charge in [-0.1, -0.05) is 5.21 Å². The zero-order valence-electron chi connectivity index (χ0n) is 14.8. The second-order valence-corrected chi connectivity index (χ2v) is 7.25. The van der Waals surface area contributed by atoms with Crippen molar-refractivity contribution >= 4 is 22.6 Å². The highest BCUT2D eigenvalue weighted by Gasteiger charge is 2.31. The number of aromatic nitrogens is 5. The number of benzene rings is 1. The number of nitrogens with zero attached hydrogens (tertiary/aromatic N) is 5. The highest BCUT2D eigenvalue weighted by Crippen LogP contribution is 2.33. The molecule has 0 radical (unpaired) electrons. The van der Waals surface area contributed by atoms with Crippen molar-refractivity contribution in [3.05, 3.63) is 51.8 Å². The summed E-state index contributed by atoms with van der Waals surface area (Å²) in [5.41, 5.74) is 0.349. The van der Waals surface area contributed by atoms with E-state index in [1.54, 1.807) is 0 Å². The summed E-state index contributed by atoms with van der Waals surface area (Å²) >= 11 is 0. The van der Waals surface area contributed by atoms with E-state index in [2.05, 4.69) is 15.3 Å². The van der Waals surface area contributed by atoms with Crippen LogP contribution in [-0.2, 0) is 12.7 Å². The van der Waals surface area contributed by atoms with Crippen molar-refractivity contribution in [3.63, 3.8) is 0 Å². The Hall–Kier alpha value is -2.97. The Bertz CT molecular complexity index is 1170. The molecule has 0 unspecified atom stereocenters. The van der Waals surface area contributed by atoms with E-state index in [4.69, 9.17) is 0 Å². The smallest absolute Gasteiger partial charge is 0.292 e. The number of fused-ring (bicyclic) bond motifs is 2. The van der Waals surface area contributed by atoms with E-state index in [-0.39, 0.29) is 16.5 Å². The first kappa shape index (κ1) is 17.2. The lowest BCUT2D eigenvalue weighted by Crippen LogP contribution is -2.21. The molecule has 1 aromatic carbocycles. The molecule has 0 N–H and O–H groups in total. The minimum absolute atomic E-state index is 0.0528. The fraction of sp³-hybridized carbons (Fsp3) is 0.368. The summed E-state index contributed by atoms with van der Waals surface area (Å²) < 4.78 is 42.4. The summed E-state index contributed by atoms with van der Waals surface area (Å²) in [5, 5.41) is 8.50. The van der Waals surface area contributed by atoms with Crippen LogP contribution in [0.4, 0.5) is 13.2 Å². The quantitative estimate of drug-likeness (QED) is 0.673. The molecule has 0 spiro atoms. The molecular weight excluding hydrogens is 371 g/mol. The van der Waals surface area contributed by atoms with Gasteiger partial charge in [0.05, 0.1) is 28.7 Å². The molecule has 9 heteroatoms. The zero-order valence-corrected chi connectivity index (χ0v) is 14.8. The maximum Gasteiger partial charge on any atom is 0.416 e. The fourth-order valence-electron chi connectivity index (χ4n) is 3.70. The Labute approximate surface area is 157 Å². The fourth-order valence-corrected chi connectivity index (χ4v) is 3.70. The molecule has 0 saturated heterocycles. The number of hydrogen-bond acceptors (Lipinski definition) is 4. The Kier molecular flexibility index (Phi) is 3.68. The molecule has 2 aromatic heterocycles. The normalized spacial score (nSPS) is 18.6. The van der Waals surface area contributed by atoms with Gasteiger partial charge in [-0.2, -0.15) is 13.2 Å². The second kappa shape index (κ2) is 6.02. The van der Waals surface area contributed by atoms with Gasteiger partial charge in [-0.3, -0.25) is 9.36 Å². The molecule has 3 heterocycles. The monoisotopic (exact) mass is 387 g/mol. The summed E-state index contributed by atoms with van der Waals surface area (Å²) in [4.78, 5) is 17.1. The van der Waals surface area contributed by atoms with Crippen LogP contribution in [0, 0.1) is 0 Å². The molecule has 5 rings (SSSR count). The topological polar surface area (TPSA) is 65.6 Å². The van der Waals surface area contributed by atoms with Gasteiger partial charge in [0.2, 0.25) is 0 Å². The van der Waals surface area contributed by atoms with Crippen molar-refractivity contribution in [2.24, 2.45) is 0 Å². The van der Waals surface area contributed by atoms with Gasteiger partial charge >= 0.3 is 6.18 Å². The Morgan fingerprint density at radius 3 is 2.75 bits per heavy atom. The van der Waals surface area contributed by atoms with E-state index < -0.39 is 11.7 Å². The second-order valence-electron chi connectivity index (χ2n) is 7.25. The summed E-state index contributed by atoms with van der Waals surface area (Å²) in [5.74, 6) is 0.398. The first-order valence-corrected chi connectivity index (χ1v) is 9.15. The van der Waals surface area contributed by atoms with Crippen LogP contribution in [0.15, 0.2) is 29.2 Å². The summed E-state index contributed by atoms with van der Waals surface area (Å²) in [6, 6.07) is 3.44. The average Bonchev–Trinajstić information content (AvgIpc) is 3.21. The molecule has 0 atom stereocenters. The van der Waals surface area contributed by atoms with Crippen LogP contribution in [0.1, 0.15) is 48.8 Å². The van der Waals surface area contributed by atoms with E-state index in [1.807, 2.05) is 17.0 Å². The third-order valence-corrected chi connectivity index (χ3v) is 5.47. The Balaban J connectivity index is 1.58. The van der Waals surface area contributed by atoms with Gasteiger partial charge in [-0.15, -0.1) is 5.10 Å². The molecule has 2 aliphatic rings. The predicted molar refractivity (Wildman–Crippen MR) is 96.4 cm³/mol. The SMILES string of the molecule is O=c1c2ccc(C(F)(F)F)cc2nc2n1CC/C2=C/c1cn(C2CCC2)nn1. The predicted octanol–water partition coefficient (Wildman–Crippen LogP) is 3.68. The average molecular weight is 387 g/mol. The van der Waals surface area contributed by atoms with Crippen molar-refractivity contribution < 1.29 is 13.2 Å². The lowest BCUT2D eigenvalue weighted by molar-refractivity contribution is -0.137. The van der Waals surface area contributed by atoms with Crippen molar-refractivity contribution in [3.8, 4) is 0 Å². The van der Waals surface area contributed by atoms with E-state index in [0.29, 0.717) is 30.5 Å². The minimum Gasteiger partial charge on any atom is -0.292 e. The van der Waals surface area contributed by atoms with Gasteiger partial charge in [-0.25, -0.2) is 9.67 Å². The maximum absolute atomic E-state index is 13.0. The largest absolute Gasteiger partial charge is 0.416 e. The Morgan fingerprint density at radius 2 is 2.04 bits per heavy atom. The van der Waals surface area contributed by atoms with Gasteiger partial charge < -0.3 is 0 Å². The lowest BCUT2D eigenvalue weighted by atomic mass is 9.93. The van der Waals surface area contributed by atoms with Crippen molar-refractivity contribution in [1.82, 2.24) is 24.5 Å². The number of hydrogen-bond donors (Lipinski definition) is 0. The number of rotatable bonds is 2. The molecule has 28 heavy (non-hydrogen) atoms. The van der Waals surface area contributed by atoms with Crippen molar-refractivity contribution in [2.75, 3.05) is 0 Å². The Morgan fingerprint density at radius 1 is 1.21 bits per heavy atom. The van der Waals surface area contributed by atoms with Crippen LogP contribution in [0.25, 0.3) is 22.6 Å². The van der Waals surface area contributed by atoms with Gasteiger partial charge in [0.1, 0.15) is 11.5 Å². The zero-order chi connectivity index (χ0) is 19.5. The maximum atomic E-state index is 13.0. The first-order chi connectivity index (χ1) is 13.4. The van der Waals surface area contributed by atoms with E-state index in [0.717, 1.165) is 30.5 Å². The van der Waals surface area contributed by atoms with Crippen LogP contribution < -0.4 is 5.56 Å². The summed E-state index contributed by atoms with van der Waals surface area (Å²) in [6.07, 6.45) is 3.13. The molecule has 1 aliphatic heterocycles. The van der Waals surface area contributed by atoms with Gasteiger partial charge in [-0.05, 0) is 55.5 Å². The minimum atomic E-state index is -4.48. The highest BCUT2D eigenvalue weighted by molar-refractivity contribution is 5.84. The molecule has 144 valence electrons. The third-order valence-electron chi connectivity index (χ3n) is 5.47. The summed E-state index contributed by atoms with van der Waals surface area (Å²) in [6.45, 7) is 0.445. The third kappa shape index (κ3) is 2.73. The van der Waals surface area contributed by atoms with Crippen LogP contribution >= 0.6 is 0 Å². The van der Waals surface area contributed by atoms with Gasteiger partial charge in [0.15, 0.2) is 0 Å². The van der Waals surface area contributed by atoms with E-state index in [9.17, 15) is 18.0 Å². The highest BCUT2D eigenvalue weighted by atomic mass is 19.4. The molecule has 1 saturated carbocycles. The molecule has 1 aliphatic carbocycles. The molecule has 6 nitrogen and oxygen atoms in total. The molecule has 3 aromatic rings. The van der Waals surface area contributed by atoms with Crippen molar-refractivity contribution in [2.45, 2.75) is 44.4 Å². The number of alkyl halides is 3. The first-order valence-electron chi connectivity index (χ1n) is 9.15. The van der Waals surface area contributed by atoms with Gasteiger partial charge in [0.25, 0.3) is 5.56 Å². The summed E-state index contributed by atoms with van der Waals surface area (Å²) in [7, 11) is 0. The van der Waals surface area contributed by atoms with Crippen LogP contribution in [0.5, 0.6) is 0 Å². The number of allylic oxidation sites excluding steroid dienone is 1. The van der Waals surface area contributed by atoms with Crippen molar-refractivity contribution in [1.29, 1.82) is 0 Å². The lowest BCUT2D eigenvalue weighted by Gasteiger charge is -2.24. The molecule has 1 fully saturated rings. The molecular formula is C19H16F3N5O. The van der Waals surface area contributed by atoms with Crippen LogP contribution in [0.2, 0.25) is 0 Å². The van der Waals surface area contributed by atoms with E-state index in [1.165, 1.54) is 17.1 Å². The number of halogens is 3. The molecule has 0 bridgehead atoms. The van der Waals surface area contributed by atoms with E-state index >= 15 is 0 Å². The van der Waals surface area contributed by atoms with Crippen LogP contribution in [-0.4, -0.2) is 24.5 Å². The standard InChI is InChI=1S/C19H16F3N5O/c20-19(21,22)12-4-5-15-16(9-12)23-17-11(6-7-26(17)18(15)28)8-13-10-27(25-24-13)14-2-1-3-14/h4-5,8-10,14H,1-3,6-7H2/b11-8-. The van der Waals surface area contributed by atoms with Crippen LogP contribution in [0.3, 0.4) is 0 Å².